The molecule has 1 aliphatic carbocycles. The molecule has 1 saturated carbocycles. The zero-order valence-corrected chi connectivity index (χ0v) is 12.7. The first kappa shape index (κ1) is 15.8. The van der Waals surface area contributed by atoms with Gasteiger partial charge in [0.25, 0.3) is 5.91 Å². The minimum Gasteiger partial charge on any atom is -0.353 e. The van der Waals surface area contributed by atoms with Crippen LogP contribution in [-0.2, 0) is 4.79 Å². The molecule has 2 amide bonds. The maximum atomic E-state index is 12.0. The number of amides is 2. The lowest BCUT2D eigenvalue weighted by Crippen LogP contribution is -2.48. The Kier molecular flexibility index (Phi) is 5.20. The zero-order chi connectivity index (χ0) is 15.4. The van der Waals surface area contributed by atoms with Crippen LogP contribution in [0.3, 0.4) is 0 Å². The molecule has 0 aromatic heterocycles. The SMILES string of the molecule is CC(NC(=O)c1ccc(Cl)cc1)C(=O)NCC(N)C1CC1. The van der Waals surface area contributed by atoms with E-state index in [9.17, 15) is 9.59 Å². The quantitative estimate of drug-likeness (QED) is 0.741. The highest BCUT2D eigenvalue weighted by atomic mass is 35.5. The number of nitrogens with two attached hydrogens (primary N) is 1. The van der Waals surface area contributed by atoms with Crippen molar-refractivity contribution >= 4 is 23.4 Å². The molecule has 0 saturated heterocycles. The van der Waals surface area contributed by atoms with Gasteiger partial charge in [0.2, 0.25) is 5.91 Å². The molecular formula is C15H20ClN3O2. The van der Waals surface area contributed by atoms with Crippen LogP contribution in [0, 0.1) is 5.92 Å². The molecule has 2 unspecified atom stereocenters. The monoisotopic (exact) mass is 309 g/mol. The van der Waals surface area contributed by atoms with Crippen molar-refractivity contribution in [1.29, 1.82) is 0 Å². The van der Waals surface area contributed by atoms with E-state index in [-0.39, 0.29) is 17.9 Å². The van der Waals surface area contributed by atoms with Crippen LogP contribution in [0.5, 0.6) is 0 Å². The summed E-state index contributed by atoms with van der Waals surface area (Å²) in [6.45, 7) is 2.09. The number of benzene rings is 1. The summed E-state index contributed by atoms with van der Waals surface area (Å²) in [6, 6.07) is 5.90. The molecule has 1 aliphatic rings. The van der Waals surface area contributed by atoms with Crippen LogP contribution in [0.15, 0.2) is 24.3 Å². The summed E-state index contributed by atoms with van der Waals surface area (Å²) in [5.74, 6) is -0.00140. The van der Waals surface area contributed by atoms with Crippen molar-refractivity contribution in [3.05, 3.63) is 34.9 Å². The van der Waals surface area contributed by atoms with Crippen LogP contribution in [0.25, 0.3) is 0 Å². The van der Waals surface area contributed by atoms with E-state index in [4.69, 9.17) is 17.3 Å². The van der Waals surface area contributed by atoms with E-state index < -0.39 is 6.04 Å². The van der Waals surface area contributed by atoms with Gasteiger partial charge in [-0.1, -0.05) is 11.6 Å². The summed E-state index contributed by atoms with van der Waals surface area (Å²) in [5, 5.41) is 5.98. The molecule has 4 N–H and O–H groups in total. The minimum atomic E-state index is -0.611. The minimum absolute atomic E-state index is 0.00752. The van der Waals surface area contributed by atoms with Gasteiger partial charge in [-0.05, 0) is 49.9 Å². The van der Waals surface area contributed by atoms with Gasteiger partial charge in [0.1, 0.15) is 6.04 Å². The lowest BCUT2D eigenvalue weighted by Gasteiger charge is -2.16. The molecular weight excluding hydrogens is 290 g/mol. The summed E-state index contributed by atoms with van der Waals surface area (Å²) in [6.07, 6.45) is 2.28. The molecule has 21 heavy (non-hydrogen) atoms. The van der Waals surface area contributed by atoms with Gasteiger partial charge in [-0.3, -0.25) is 9.59 Å². The Hall–Kier alpha value is -1.59. The number of nitrogens with one attached hydrogen (secondary N) is 2. The fourth-order valence-electron chi connectivity index (χ4n) is 2.01. The maximum absolute atomic E-state index is 12.0. The van der Waals surface area contributed by atoms with E-state index in [2.05, 4.69) is 10.6 Å². The maximum Gasteiger partial charge on any atom is 0.251 e. The molecule has 0 spiro atoms. The Morgan fingerprint density at radius 2 is 1.95 bits per heavy atom. The van der Waals surface area contributed by atoms with E-state index in [1.54, 1.807) is 31.2 Å². The van der Waals surface area contributed by atoms with Gasteiger partial charge < -0.3 is 16.4 Å². The largest absolute Gasteiger partial charge is 0.353 e. The fourth-order valence-corrected chi connectivity index (χ4v) is 2.14. The molecule has 0 radical (unpaired) electrons. The summed E-state index contributed by atoms with van der Waals surface area (Å²) in [5.41, 5.74) is 6.39. The molecule has 2 atom stereocenters. The number of hydrogen-bond donors (Lipinski definition) is 3. The van der Waals surface area contributed by atoms with Crippen molar-refractivity contribution in [3.8, 4) is 0 Å². The van der Waals surface area contributed by atoms with Crippen LogP contribution in [0.1, 0.15) is 30.1 Å². The lowest BCUT2D eigenvalue weighted by atomic mass is 10.2. The first-order valence-corrected chi connectivity index (χ1v) is 7.45. The van der Waals surface area contributed by atoms with E-state index in [1.165, 1.54) is 0 Å². The van der Waals surface area contributed by atoms with Gasteiger partial charge in [0, 0.05) is 23.2 Å². The van der Waals surface area contributed by atoms with Gasteiger partial charge >= 0.3 is 0 Å². The van der Waals surface area contributed by atoms with Crippen molar-refractivity contribution in [1.82, 2.24) is 10.6 Å². The van der Waals surface area contributed by atoms with Crippen molar-refractivity contribution in [2.45, 2.75) is 31.8 Å². The Bertz CT molecular complexity index is 514. The third-order valence-corrected chi connectivity index (χ3v) is 3.84. The van der Waals surface area contributed by atoms with Crippen molar-refractivity contribution in [3.63, 3.8) is 0 Å². The van der Waals surface area contributed by atoms with E-state index in [0.29, 0.717) is 23.0 Å². The molecule has 6 heteroatoms. The Morgan fingerprint density at radius 1 is 1.33 bits per heavy atom. The molecule has 2 rings (SSSR count). The second-order valence-electron chi connectivity index (χ2n) is 5.45. The lowest BCUT2D eigenvalue weighted by molar-refractivity contribution is -0.122. The normalized spacial score (nSPS) is 16.9. The first-order valence-electron chi connectivity index (χ1n) is 7.07. The predicted octanol–water partition coefficient (Wildman–Crippen LogP) is 1.31. The van der Waals surface area contributed by atoms with Crippen molar-refractivity contribution in [2.24, 2.45) is 11.7 Å². The standard InChI is InChI=1S/C15H20ClN3O2/c1-9(14(20)18-8-13(17)10-2-3-10)19-15(21)11-4-6-12(16)7-5-11/h4-7,9-10,13H,2-3,8,17H2,1H3,(H,18,20)(H,19,21). The molecule has 1 aromatic carbocycles. The smallest absolute Gasteiger partial charge is 0.251 e. The molecule has 5 nitrogen and oxygen atoms in total. The zero-order valence-electron chi connectivity index (χ0n) is 11.9. The molecule has 114 valence electrons. The van der Waals surface area contributed by atoms with E-state index in [0.717, 1.165) is 12.8 Å². The average Bonchev–Trinajstić information content (AvgIpc) is 3.29. The summed E-state index contributed by atoms with van der Waals surface area (Å²) in [4.78, 5) is 23.9. The predicted molar refractivity (Wildman–Crippen MR) is 82.1 cm³/mol. The molecule has 0 bridgehead atoms. The molecule has 1 aromatic rings. The molecule has 0 heterocycles. The summed E-state index contributed by atoms with van der Waals surface area (Å²) >= 11 is 5.77. The van der Waals surface area contributed by atoms with Gasteiger partial charge in [0.15, 0.2) is 0 Å². The van der Waals surface area contributed by atoms with Crippen LogP contribution in [-0.4, -0.2) is 30.4 Å². The topological polar surface area (TPSA) is 84.2 Å². The molecule has 1 fully saturated rings. The van der Waals surface area contributed by atoms with Crippen molar-refractivity contribution < 1.29 is 9.59 Å². The van der Waals surface area contributed by atoms with E-state index >= 15 is 0 Å². The first-order chi connectivity index (χ1) is 9.97. The Morgan fingerprint density at radius 3 is 2.52 bits per heavy atom. The highest BCUT2D eigenvalue weighted by molar-refractivity contribution is 6.30. The number of halogens is 1. The van der Waals surface area contributed by atoms with Gasteiger partial charge in [0.05, 0.1) is 0 Å². The number of rotatable bonds is 6. The highest BCUT2D eigenvalue weighted by Gasteiger charge is 2.29. The van der Waals surface area contributed by atoms with Crippen LogP contribution < -0.4 is 16.4 Å². The van der Waals surface area contributed by atoms with E-state index in [1.807, 2.05) is 0 Å². The van der Waals surface area contributed by atoms with Crippen LogP contribution in [0.4, 0.5) is 0 Å². The second-order valence-corrected chi connectivity index (χ2v) is 5.88. The average molecular weight is 310 g/mol. The van der Waals surface area contributed by atoms with Crippen LogP contribution >= 0.6 is 11.6 Å². The summed E-state index contributed by atoms with van der Waals surface area (Å²) < 4.78 is 0. The Balaban J connectivity index is 1.79. The van der Waals surface area contributed by atoms with Crippen LogP contribution in [0.2, 0.25) is 5.02 Å². The Labute approximate surface area is 129 Å². The molecule has 0 aliphatic heterocycles. The van der Waals surface area contributed by atoms with Gasteiger partial charge in [-0.15, -0.1) is 0 Å². The number of carbonyl (C=O) groups excluding carboxylic acids is 2. The highest BCUT2D eigenvalue weighted by Crippen LogP contribution is 2.31. The number of hydrogen-bond acceptors (Lipinski definition) is 3. The number of carbonyl (C=O) groups is 2. The fraction of sp³-hybridized carbons (Fsp3) is 0.467. The third kappa shape index (κ3) is 4.72. The summed E-state index contributed by atoms with van der Waals surface area (Å²) in [7, 11) is 0. The second kappa shape index (κ2) is 6.91. The third-order valence-electron chi connectivity index (χ3n) is 3.59. The van der Waals surface area contributed by atoms with Gasteiger partial charge in [-0.25, -0.2) is 0 Å². The van der Waals surface area contributed by atoms with Gasteiger partial charge in [-0.2, -0.15) is 0 Å². The van der Waals surface area contributed by atoms with Crippen molar-refractivity contribution in [2.75, 3.05) is 6.54 Å².